The minimum Gasteiger partial charge on any atom is -0.347 e. The molecular formula is C22H35N3O2. The zero-order valence-corrected chi connectivity index (χ0v) is 17.3. The molecule has 0 saturated heterocycles. The summed E-state index contributed by atoms with van der Waals surface area (Å²) in [4.78, 5) is 25.1. The maximum Gasteiger partial charge on any atom is 0.241 e. The molecule has 2 rings (SSSR count). The summed E-state index contributed by atoms with van der Waals surface area (Å²) in [5.74, 6) is 0.803. The third-order valence-corrected chi connectivity index (χ3v) is 5.46. The fraction of sp³-hybridized carbons (Fsp3) is 0.636. The van der Waals surface area contributed by atoms with Crippen molar-refractivity contribution in [1.82, 2.24) is 15.5 Å². The molecule has 0 spiro atoms. The van der Waals surface area contributed by atoms with E-state index in [9.17, 15) is 9.59 Å². The highest BCUT2D eigenvalue weighted by molar-refractivity contribution is 5.85. The Morgan fingerprint density at radius 2 is 1.67 bits per heavy atom. The SMILES string of the molecule is CC(C)[C@@H](NCC(=O)NCC(=O)N(C)C)c1ccc(C2CCCCC2)cc1. The van der Waals surface area contributed by atoms with Gasteiger partial charge in [-0.25, -0.2) is 0 Å². The fourth-order valence-corrected chi connectivity index (χ4v) is 3.75. The standard InChI is InChI=1S/C22H35N3O2/c1-16(2)22(24-14-20(26)23-15-21(27)25(3)4)19-12-10-18(11-13-19)17-8-6-5-7-9-17/h10-13,16-17,22,24H,5-9,14-15H2,1-4H3,(H,23,26)/t22-/m1/s1. The van der Waals surface area contributed by atoms with Crippen LogP contribution >= 0.6 is 0 Å². The van der Waals surface area contributed by atoms with Gasteiger partial charge in [0.05, 0.1) is 13.1 Å². The maximum absolute atomic E-state index is 12.0. The summed E-state index contributed by atoms with van der Waals surface area (Å²) in [6, 6.07) is 9.04. The van der Waals surface area contributed by atoms with Gasteiger partial charge in [0.25, 0.3) is 0 Å². The number of likely N-dealkylation sites (N-methyl/N-ethyl adjacent to an activating group) is 1. The van der Waals surface area contributed by atoms with Crippen LogP contribution in [0.3, 0.4) is 0 Å². The lowest BCUT2D eigenvalue weighted by Gasteiger charge is -2.25. The Hall–Kier alpha value is -1.88. The highest BCUT2D eigenvalue weighted by Gasteiger charge is 2.19. The number of benzene rings is 1. The molecule has 1 atom stereocenters. The number of amides is 2. The normalized spacial score (nSPS) is 16.2. The van der Waals surface area contributed by atoms with Crippen LogP contribution in [0.25, 0.3) is 0 Å². The Balaban J connectivity index is 1.90. The molecule has 0 aromatic heterocycles. The second-order valence-corrected chi connectivity index (χ2v) is 8.17. The second kappa shape index (κ2) is 10.5. The van der Waals surface area contributed by atoms with Crippen LogP contribution in [0.2, 0.25) is 0 Å². The van der Waals surface area contributed by atoms with E-state index < -0.39 is 0 Å². The predicted molar refractivity (Wildman–Crippen MR) is 110 cm³/mol. The summed E-state index contributed by atoms with van der Waals surface area (Å²) in [5.41, 5.74) is 2.66. The van der Waals surface area contributed by atoms with Gasteiger partial charge >= 0.3 is 0 Å². The number of nitrogens with one attached hydrogen (secondary N) is 2. The van der Waals surface area contributed by atoms with Crippen LogP contribution in [0.4, 0.5) is 0 Å². The molecule has 5 nitrogen and oxygen atoms in total. The minimum absolute atomic E-state index is 0.0376. The van der Waals surface area contributed by atoms with E-state index in [1.54, 1.807) is 14.1 Å². The van der Waals surface area contributed by atoms with E-state index in [0.29, 0.717) is 11.8 Å². The summed E-state index contributed by atoms with van der Waals surface area (Å²) in [5, 5.41) is 6.02. The van der Waals surface area contributed by atoms with E-state index in [1.807, 2.05) is 0 Å². The van der Waals surface area contributed by atoms with Crippen molar-refractivity contribution in [3.05, 3.63) is 35.4 Å². The number of nitrogens with zero attached hydrogens (tertiary/aromatic N) is 1. The maximum atomic E-state index is 12.0. The summed E-state index contributed by atoms with van der Waals surface area (Å²) < 4.78 is 0. The lowest BCUT2D eigenvalue weighted by molar-refractivity contribution is -0.130. The molecule has 0 radical (unpaired) electrons. The number of carbonyl (C=O) groups is 2. The van der Waals surface area contributed by atoms with Gasteiger partial charge in [0, 0.05) is 20.1 Å². The van der Waals surface area contributed by atoms with E-state index in [0.717, 1.165) is 0 Å². The van der Waals surface area contributed by atoms with E-state index >= 15 is 0 Å². The number of carbonyl (C=O) groups excluding carboxylic acids is 2. The third-order valence-electron chi connectivity index (χ3n) is 5.46. The van der Waals surface area contributed by atoms with Gasteiger partial charge in [-0.1, -0.05) is 57.4 Å². The van der Waals surface area contributed by atoms with Crippen LogP contribution in [0.5, 0.6) is 0 Å². The minimum atomic E-state index is -0.158. The van der Waals surface area contributed by atoms with E-state index in [1.165, 1.54) is 48.1 Å². The van der Waals surface area contributed by atoms with Gasteiger partial charge in [-0.15, -0.1) is 0 Å². The third kappa shape index (κ3) is 6.65. The summed E-state index contributed by atoms with van der Waals surface area (Å²) in [6.45, 7) is 4.55. The quantitative estimate of drug-likeness (QED) is 0.735. The van der Waals surface area contributed by atoms with Crippen molar-refractivity contribution in [1.29, 1.82) is 0 Å². The molecule has 1 aromatic rings. The number of hydrogen-bond donors (Lipinski definition) is 2. The first-order valence-electron chi connectivity index (χ1n) is 10.2. The van der Waals surface area contributed by atoms with Crippen molar-refractivity contribution in [3.8, 4) is 0 Å². The first-order valence-corrected chi connectivity index (χ1v) is 10.2. The summed E-state index contributed by atoms with van der Waals surface area (Å²) >= 11 is 0. The van der Waals surface area contributed by atoms with Gasteiger partial charge in [0.15, 0.2) is 0 Å². The molecule has 1 saturated carbocycles. The topological polar surface area (TPSA) is 61.4 Å². The first kappa shape index (κ1) is 21.4. The molecule has 2 N–H and O–H groups in total. The number of hydrogen-bond acceptors (Lipinski definition) is 3. The van der Waals surface area contributed by atoms with Crippen molar-refractivity contribution in [2.75, 3.05) is 27.2 Å². The highest BCUT2D eigenvalue weighted by atomic mass is 16.2. The van der Waals surface area contributed by atoms with Crippen LogP contribution in [0.15, 0.2) is 24.3 Å². The van der Waals surface area contributed by atoms with Gasteiger partial charge in [0.1, 0.15) is 0 Å². The molecule has 2 amide bonds. The zero-order valence-electron chi connectivity index (χ0n) is 17.3. The van der Waals surface area contributed by atoms with Crippen molar-refractivity contribution < 1.29 is 9.59 Å². The van der Waals surface area contributed by atoms with E-state index in [4.69, 9.17) is 0 Å². The molecule has 0 bridgehead atoms. The molecule has 27 heavy (non-hydrogen) atoms. The average Bonchev–Trinajstić information content (AvgIpc) is 2.67. The average molecular weight is 374 g/mol. The monoisotopic (exact) mass is 373 g/mol. The van der Waals surface area contributed by atoms with Gasteiger partial charge < -0.3 is 15.5 Å². The summed E-state index contributed by atoms with van der Waals surface area (Å²) in [6.07, 6.45) is 6.66. The Kier molecular flexibility index (Phi) is 8.29. The first-order chi connectivity index (χ1) is 12.9. The molecule has 0 unspecified atom stereocenters. The molecule has 1 aliphatic carbocycles. The van der Waals surface area contributed by atoms with E-state index in [-0.39, 0.29) is 30.9 Å². The number of rotatable bonds is 8. The van der Waals surface area contributed by atoms with Gasteiger partial charge in [-0.05, 0) is 35.8 Å². The van der Waals surface area contributed by atoms with Crippen LogP contribution in [0.1, 0.15) is 69.0 Å². The predicted octanol–water partition coefficient (Wildman–Crippen LogP) is 3.23. The van der Waals surface area contributed by atoms with Crippen molar-refractivity contribution in [3.63, 3.8) is 0 Å². The van der Waals surface area contributed by atoms with E-state index in [2.05, 4.69) is 48.7 Å². The zero-order chi connectivity index (χ0) is 19.8. The smallest absolute Gasteiger partial charge is 0.241 e. The molecule has 0 heterocycles. The molecule has 0 aliphatic heterocycles. The molecule has 1 aromatic carbocycles. The lowest BCUT2D eigenvalue weighted by Crippen LogP contribution is -2.41. The fourth-order valence-electron chi connectivity index (χ4n) is 3.75. The van der Waals surface area contributed by atoms with Gasteiger partial charge in [-0.3, -0.25) is 9.59 Å². The van der Waals surface area contributed by atoms with Gasteiger partial charge in [0.2, 0.25) is 11.8 Å². The van der Waals surface area contributed by atoms with Gasteiger partial charge in [-0.2, -0.15) is 0 Å². The lowest BCUT2D eigenvalue weighted by atomic mass is 9.83. The Morgan fingerprint density at radius 1 is 1.04 bits per heavy atom. The van der Waals surface area contributed by atoms with Crippen molar-refractivity contribution >= 4 is 11.8 Å². The molecule has 1 aliphatic rings. The molecule has 5 heteroatoms. The summed E-state index contributed by atoms with van der Waals surface area (Å²) in [7, 11) is 3.36. The van der Waals surface area contributed by atoms with Crippen LogP contribution in [0, 0.1) is 5.92 Å². The molecule has 1 fully saturated rings. The second-order valence-electron chi connectivity index (χ2n) is 8.17. The van der Waals surface area contributed by atoms with Crippen LogP contribution < -0.4 is 10.6 Å². The largest absolute Gasteiger partial charge is 0.347 e. The Labute approximate surface area is 163 Å². The van der Waals surface area contributed by atoms with Crippen LogP contribution in [-0.4, -0.2) is 43.9 Å². The molecule has 150 valence electrons. The molecular weight excluding hydrogens is 338 g/mol. The van der Waals surface area contributed by atoms with Crippen molar-refractivity contribution in [2.24, 2.45) is 5.92 Å². The highest BCUT2D eigenvalue weighted by Crippen LogP contribution is 2.33. The Morgan fingerprint density at radius 3 is 2.22 bits per heavy atom. The Bertz CT molecular complexity index is 604. The van der Waals surface area contributed by atoms with Crippen LogP contribution in [-0.2, 0) is 9.59 Å². The van der Waals surface area contributed by atoms with Crippen molar-refractivity contribution in [2.45, 2.75) is 57.9 Å².